The van der Waals surface area contributed by atoms with Crippen LogP contribution in [0.4, 0.5) is 6.01 Å². The number of aromatic nitrogens is 2. The fourth-order valence-corrected chi connectivity index (χ4v) is 2.46. The molecule has 0 unspecified atom stereocenters. The van der Waals surface area contributed by atoms with Crippen molar-refractivity contribution in [1.82, 2.24) is 15.5 Å². The van der Waals surface area contributed by atoms with Crippen LogP contribution in [0.15, 0.2) is 4.42 Å². The quantitative estimate of drug-likeness (QED) is 0.757. The second-order valence-corrected chi connectivity index (χ2v) is 6.09. The molecule has 108 valence electrons. The number of nitrogens with one attached hydrogen (secondary N) is 2. The Balaban J connectivity index is 1.74. The number of hydrogen-bond donors (Lipinski definition) is 2. The van der Waals surface area contributed by atoms with Crippen molar-refractivity contribution in [3.63, 3.8) is 0 Å². The molecule has 1 saturated carbocycles. The van der Waals surface area contributed by atoms with Gasteiger partial charge in [-0.1, -0.05) is 32.3 Å². The van der Waals surface area contributed by atoms with Crippen molar-refractivity contribution >= 4 is 6.01 Å². The minimum absolute atomic E-state index is 0.463. The summed E-state index contributed by atoms with van der Waals surface area (Å²) in [6.45, 7) is 9.17. The normalized spacial score (nSPS) is 17.5. The van der Waals surface area contributed by atoms with Gasteiger partial charge in [-0.15, -0.1) is 5.10 Å². The van der Waals surface area contributed by atoms with E-state index in [4.69, 9.17) is 4.42 Å². The number of rotatable bonds is 8. The van der Waals surface area contributed by atoms with E-state index in [2.05, 4.69) is 41.6 Å². The fourth-order valence-electron chi connectivity index (χ4n) is 2.46. The standard InChI is InChI=1S/C14H26N4O/c1-4-14(6-5-7-14)10-16-13-18-17-12(19-13)9-15-8-11(2)3/h11,15H,4-10H2,1-3H3,(H,16,18). The summed E-state index contributed by atoms with van der Waals surface area (Å²) in [5, 5.41) is 14.7. The molecule has 0 saturated heterocycles. The highest BCUT2D eigenvalue weighted by Gasteiger charge is 2.35. The van der Waals surface area contributed by atoms with Crippen LogP contribution in [0.1, 0.15) is 52.3 Å². The van der Waals surface area contributed by atoms with E-state index in [1.807, 2.05) is 0 Å². The summed E-state index contributed by atoms with van der Waals surface area (Å²) < 4.78 is 5.58. The predicted molar refractivity (Wildman–Crippen MR) is 75.9 cm³/mol. The summed E-state index contributed by atoms with van der Waals surface area (Å²) in [5.41, 5.74) is 0.463. The topological polar surface area (TPSA) is 63.0 Å². The average molecular weight is 266 g/mol. The molecule has 0 aliphatic heterocycles. The summed E-state index contributed by atoms with van der Waals surface area (Å²) in [4.78, 5) is 0. The molecule has 19 heavy (non-hydrogen) atoms. The van der Waals surface area contributed by atoms with Gasteiger partial charge in [0.15, 0.2) is 0 Å². The number of anilines is 1. The zero-order valence-electron chi connectivity index (χ0n) is 12.3. The van der Waals surface area contributed by atoms with Gasteiger partial charge in [0.2, 0.25) is 5.89 Å². The van der Waals surface area contributed by atoms with Crippen molar-refractivity contribution < 1.29 is 4.42 Å². The van der Waals surface area contributed by atoms with Crippen LogP contribution in [0.5, 0.6) is 0 Å². The smallest absolute Gasteiger partial charge is 0.315 e. The minimum Gasteiger partial charge on any atom is -0.407 e. The summed E-state index contributed by atoms with van der Waals surface area (Å²) in [7, 11) is 0. The van der Waals surface area contributed by atoms with E-state index in [1.165, 1.54) is 25.7 Å². The van der Waals surface area contributed by atoms with Crippen LogP contribution in [-0.4, -0.2) is 23.3 Å². The number of nitrogens with zero attached hydrogens (tertiary/aromatic N) is 2. The molecule has 5 heteroatoms. The molecule has 1 fully saturated rings. The molecule has 0 aromatic carbocycles. The first kappa shape index (κ1) is 14.3. The Morgan fingerprint density at radius 1 is 1.32 bits per heavy atom. The molecule has 0 atom stereocenters. The molecule has 1 heterocycles. The van der Waals surface area contributed by atoms with Gasteiger partial charge in [-0.2, -0.15) is 0 Å². The maximum absolute atomic E-state index is 5.58. The highest BCUT2D eigenvalue weighted by Crippen LogP contribution is 2.43. The molecule has 1 aliphatic carbocycles. The van der Waals surface area contributed by atoms with Gasteiger partial charge in [0.25, 0.3) is 0 Å². The summed E-state index contributed by atoms with van der Waals surface area (Å²) >= 11 is 0. The maximum atomic E-state index is 5.58. The van der Waals surface area contributed by atoms with Crippen LogP contribution in [0.25, 0.3) is 0 Å². The molecule has 0 bridgehead atoms. The molecule has 0 amide bonds. The van der Waals surface area contributed by atoms with E-state index in [0.717, 1.165) is 13.1 Å². The first-order valence-corrected chi connectivity index (χ1v) is 7.40. The molecule has 5 nitrogen and oxygen atoms in total. The van der Waals surface area contributed by atoms with Crippen molar-refractivity contribution in [1.29, 1.82) is 0 Å². The van der Waals surface area contributed by atoms with E-state index >= 15 is 0 Å². The first-order chi connectivity index (χ1) is 9.13. The highest BCUT2D eigenvalue weighted by molar-refractivity contribution is 5.18. The molecular formula is C14H26N4O. The molecule has 2 rings (SSSR count). The van der Waals surface area contributed by atoms with E-state index in [-0.39, 0.29) is 0 Å². The lowest BCUT2D eigenvalue weighted by molar-refractivity contribution is 0.144. The lowest BCUT2D eigenvalue weighted by atomic mass is 9.67. The Morgan fingerprint density at radius 3 is 2.68 bits per heavy atom. The Labute approximate surface area is 115 Å². The van der Waals surface area contributed by atoms with Crippen molar-refractivity contribution in [3.05, 3.63) is 5.89 Å². The van der Waals surface area contributed by atoms with Crippen molar-refractivity contribution in [3.8, 4) is 0 Å². The highest BCUT2D eigenvalue weighted by atomic mass is 16.4. The predicted octanol–water partition coefficient (Wildman–Crippen LogP) is 2.81. The van der Waals surface area contributed by atoms with E-state index < -0.39 is 0 Å². The van der Waals surface area contributed by atoms with Gasteiger partial charge in [-0.05, 0) is 37.1 Å². The number of hydrogen-bond acceptors (Lipinski definition) is 5. The van der Waals surface area contributed by atoms with Gasteiger partial charge in [-0.25, -0.2) is 0 Å². The summed E-state index contributed by atoms with van der Waals surface area (Å²) in [6, 6.07) is 0.557. The molecule has 1 aromatic rings. The Kier molecular flexibility index (Phi) is 4.80. The monoisotopic (exact) mass is 266 g/mol. The second-order valence-electron chi connectivity index (χ2n) is 6.09. The molecular weight excluding hydrogens is 240 g/mol. The third-order valence-electron chi connectivity index (χ3n) is 4.07. The molecule has 0 radical (unpaired) electrons. The van der Waals surface area contributed by atoms with Crippen molar-refractivity contribution in [2.45, 2.75) is 53.0 Å². The van der Waals surface area contributed by atoms with Crippen LogP contribution in [0.3, 0.4) is 0 Å². The van der Waals surface area contributed by atoms with Crippen LogP contribution in [0.2, 0.25) is 0 Å². The third kappa shape index (κ3) is 3.93. The van der Waals surface area contributed by atoms with Gasteiger partial charge in [0, 0.05) is 6.54 Å². The minimum atomic E-state index is 0.463. The van der Waals surface area contributed by atoms with Crippen LogP contribution in [0, 0.1) is 11.3 Å². The Bertz CT molecular complexity index is 379. The fraction of sp³-hybridized carbons (Fsp3) is 0.857. The molecule has 1 aromatic heterocycles. The maximum Gasteiger partial charge on any atom is 0.315 e. The SMILES string of the molecule is CCC1(CNc2nnc(CNCC(C)C)o2)CCC1. The Morgan fingerprint density at radius 2 is 2.11 bits per heavy atom. The first-order valence-electron chi connectivity index (χ1n) is 7.40. The summed E-state index contributed by atoms with van der Waals surface area (Å²) in [6.07, 6.45) is 5.20. The van der Waals surface area contributed by atoms with Gasteiger partial charge in [0.1, 0.15) is 0 Å². The van der Waals surface area contributed by atoms with E-state index in [9.17, 15) is 0 Å². The van der Waals surface area contributed by atoms with Gasteiger partial charge in [-0.3, -0.25) is 0 Å². The zero-order valence-corrected chi connectivity index (χ0v) is 12.3. The summed E-state index contributed by atoms with van der Waals surface area (Å²) in [5.74, 6) is 1.28. The zero-order chi connectivity index (χ0) is 13.7. The molecule has 1 aliphatic rings. The lowest BCUT2D eigenvalue weighted by Crippen LogP contribution is -2.35. The largest absolute Gasteiger partial charge is 0.407 e. The van der Waals surface area contributed by atoms with Gasteiger partial charge >= 0.3 is 6.01 Å². The van der Waals surface area contributed by atoms with Crippen LogP contribution >= 0.6 is 0 Å². The van der Waals surface area contributed by atoms with E-state index in [1.54, 1.807) is 0 Å². The third-order valence-corrected chi connectivity index (χ3v) is 4.07. The molecule has 2 N–H and O–H groups in total. The van der Waals surface area contributed by atoms with Crippen LogP contribution in [-0.2, 0) is 6.54 Å². The lowest BCUT2D eigenvalue weighted by Gasteiger charge is -2.41. The molecule has 0 spiro atoms. The van der Waals surface area contributed by atoms with Crippen LogP contribution < -0.4 is 10.6 Å². The van der Waals surface area contributed by atoms with Crippen molar-refractivity contribution in [2.75, 3.05) is 18.4 Å². The second kappa shape index (κ2) is 6.37. The average Bonchev–Trinajstić information content (AvgIpc) is 2.76. The van der Waals surface area contributed by atoms with Gasteiger partial charge in [0.05, 0.1) is 6.54 Å². The van der Waals surface area contributed by atoms with E-state index in [0.29, 0.717) is 29.8 Å². The van der Waals surface area contributed by atoms with Gasteiger partial charge < -0.3 is 15.1 Å². The van der Waals surface area contributed by atoms with Crippen molar-refractivity contribution in [2.24, 2.45) is 11.3 Å². The Hall–Kier alpha value is -1.10.